The Kier molecular flexibility index (Phi) is 5.63. The Morgan fingerprint density at radius 2 is 2.11 bits per heavy atom. The van der Waals surface area contributed by atoms with E-state index in [1.165, 1.54) is 16.4 Å². The lowest BCUT2D eigenvalue weighted by molar-refractivity contribution is -0.118. The highest BCUT2D eigenvalue weighted by atomic mass is 127. The van der Waals surface area contributed by atoms with Crippen molar-refractivity contribution in [2.24, 2.45) is 5.92 Å². The first-order chi connectivity index (χ1) is 8.74. The number of halogens is 1. The summed E-state index contributed by atoms with van der Waals surface area (Å²) in [5.74, 6) is 1.08. The van der Waals surface area contributed by atoms with Crippen LogP contribution in [0.25, 0.3) is 0 Å². The summed E-state index contributed by atoms with van der Waals surface area (Å²) >= 11 is 2.28. The summed E-state index contributed by atoms with van der Waals surface area (Å²) in [5, 5.41) is 3.40. The molecule has 0 radical (unpaired) electrons. The SMILES string of the molecule is O=C(CCC1CCCNC1)Cc1ccc(I)cc1. The normalized spacial score (nSPS) is 19.7. The zero-order valence-electron chi connectivity index (χ0n) is 10.6. The molecule has 0 saturated carbocycles. The second-order valence-corrected chi connectivity index (χ2v) is 6.34. The van der Waals surface area contributed by atoms with Gasteiger partial charge in [0.25, 0.3) is 0 Å². The molecule has 1 unspecified atom stereocenters. The third-order valence-corrected chi connectivity index (χ3v) is 4.26. The average Bonchev–Trinajstić information content (AvgIpc) is 2.40. The number of rotatable bonds is 5. The van der Waals surface area contributed by atoms with Gasteiger partial charge in [-0.2, -0.15) is 0 Å². The van der Waals surface area contributed by atoms with Gasteiger partial charge in [-0.05, 0) is 78.6 Å². The van der Waals surface area contributed by atoms with Crippen molar-refractivity contribution in [3.8, 4) is 0 Å². The second-order valence-electron chi connectivity index (χ2n) is 5.09. The van der Waals surface area contributed by atoms with Crippen molar-refractivity contribution < 1.29 is 4.79 Å². The van der Waals surface area contributed by atoms with Crippen LogP contribution in [0.15, 0.2) is 24.3 Å². The van der Waals surface area contributed by atoms with Crippen LogP contribution in [0.2, 0.25) is 0 Å². The lowest BCUT2D eigenvalue weighted by Crippen LogP contribution is -2.30. The minimum atomic E-state index is 0.377. The molecule has 1 heterocycles. The molecule has 1 saturated heterocycles. The first-order valence-electron chi connectivity index (χ1n) is 6.71. The fraction of sp³-hybridized carbons (Fsp3) is 0.533. The number of Topliss-reactive ketones (excluding diaryl/α,β-unsaturated/α-hetero) is 1. The fourth-order valence-corrected chi connectivity index (χ4v) is 2.81. The van der Waals surface area contributed by atoms with E-state index >= 15 is 0 Å². The fourth-order valence-electron chi connectivity index (χ4n) is 2.45. The summed E-state index contributed by atoms with van der Waals surface area (Å²) in [5.41, 5.74) is 1.14. The van der Waals surface area contributed by atoms with Gasteiger partial charge in [-0.3, -0.25) is 4.79 Å². The van der Waals surface area contributed by atoms with E-state index in [2.05, 4.69) is 52.2 Å². The lowest BCUT2D eigenvalue weighted by Gasteiger charge is -2.22. The molecule has 98 valence electrons. The molecule has 1 aromatic rings. The van der Waals surface area contributed by atoms with Gasteiger partial charge in [0, 0.05) is 16.4 Å². The van der Waals surface area contributed by atoms with Crippen LogP contribution >= 0.6 is 22.6 Å². The summed E-state index contributed by atoms with van der Waals surface area (Å²) in [6.07, 6.45) is 4.92. The lowest BCUT2D eigenvalue weighted by atomic mass is 9.92. The number of benzene rings is 1. The summed E-state index contributed by atoms with van der Waals surface area (Å²) in [4.78, 5) is 11.9. The molecule has 1 N–H and O–H groups in total. The summed E-state index contributed by atoms with van der Waals surface area (Å²) in [7, 11) is 0. The molecule has 3 heteroatoms. The number of carbonyl (C=O) groups is 1. The minimum Gasteiger partial charge on any atom is -0.316 e. The number of hydrogen-bond acceptors (Lipinski definition) is 2. The van der Waals surface area contributed by atoms with Crippen molar-refractivity contribution in [3.05, 3.63) is 33.4 Å². The molecule has 0 bridgehead atoms. The van der Waals surface area contributed by atoms with E-state index in [0.29, 0.717) is 18.1 Å². The number of ketones is 1. The Labute approximate surface area is 123 Å². The Hall–Kier alpha value is -0.420. The van der Waals surface area contributed by atoms with Crippen molar-refractivity contribution in [1.29, 1.82) is 0 Å². The van der Waals surface area contributed by atoms with Crippen molar-refractivity contribution in [2.45, 2.75) is 32.1 Å². The zero-order chi connectivity index (χ0) is 12.8. The Bertz CT molecular complexity index is 382. The maximum atomic E-state index is 11.9. The number of hydrogen-bond donors (Lipinski definition) is 1. The predicted molar refractivity (Wildman–Crippen MR) is 82.7 cm³/mol. The van der Waals surface area contributed by atoms with Gasteiger partial charge in [0.1, 0.15) is 5.78 Å². The van der Waals surface area contributed by atoms with Crippen LogP contribution in [0, 0.1) is 9.49 Å². The van der Waals surface area contributed by atoms with Crippen LogP contribution in [0.5, 0.6) is 0 Å². The smallest absolute Gasteiger partial charge is 0.137 e. The van der Waals surface area contributed by atoms with E-state index in [-0.39, 0.29) is 0 Å². The van der Waals surface area contributed by atoms with Crippen LogP contribution in [-0.4, -0.2) is 18.9 Å². The topological polar surface area (TPSA) is 29.1 Å². The molecule has 1 atom stereocenters. The predicted octanol–water partition coefficient (Wildman–Crippen LogP) is 3.18. The quantitative estimate of drug-likeness (QED) is 0.821. The Morgan fingerprint density at radius 3 is 2.78 bits per heavy atom. The average molecular weight is 357 g/mol. The van der Waals surface area contributed by atoms with Gasteiger partial charge in [-0.15, -0.1) is 0 Å². The van der Waals surface area contributed by atoms with Gasteiger partial charge in [0.2, 0.25) is 0 Å². The van der Waals surface area contributed by atoms with Crippen molar-refractivity contribution in [3.63, 3.8) is 0 Å². The Balaban J connectivity index is 1.73. The highest BCUT2D eigenvalue weighted by Crippen LogP contribution is 2.17. The minimum absolute atomic E-state index is 0.377. The maximum absolute atomic E-state index is 11.9. The van der Waals surface area contributed by atoms with Crippen LogP contribution in [0.4, 0.5) is 0 Å². The van der Waals surface area contributed by atoms with Crippen molar-refractivity contribution in [2.75, 3.05) is 13.1 Å². The summed E-state index contributed by atoms with van der Waals surface area (Å²) in [6, 6.07) is 8.24. The van der Waals surface area contributed by atoms with Gasteiger partial charge in [0.15, 0.2) is 0 Å². The molecule has 0 spiro atoms. The van der Waals surface area contributed by atoms with E-state index in [4.69, 9.17) is 0 Å². The highest BCUT2D eigenvalue weighted by Gasteiger charge is 2.14. The van der Waals surface area contributed by atoms with Crippen molar-refractivity contribution in [1.82, 2.24) is 5.32 Å². The molecule has 2 nitrogen and oxygen atoms in total. The standard InChI is InChI=1S/C15H20INO/c16-14-6-3-12(4-7-14)10-15(18)8-5-13-2-1-9-17-11-13/h3-4,6-7,13,17H,1-2,5,8-11H2. The highest BCUT2D eigenvalue weighted by molar-refractivity contribution is 14.1. The summed E-state index contributed by atoms with van der Waals surface area (Å²) in [6.45, 7) is 2.24. The second kappa shape index (κ2) is 7.24. The third-order valence-electron chi connectivity index (χ3n) is 3.54. The molecule has 1 aromatic carbocycles. The zero-order valence-corrected chi connectivity index (χ0v) is 12.8. The third kappa shape index (κ3) is 4.69. The molecule has 1 aliphatic heterocycles. The van der Waals surface area contributed by atoms with Crippen LogP contribution < -0.4 is 5.32 Å². The van der Waals surface area contributed by atoms with Crippen LogP contribution in [-0.2, 0) is 11.2 Å². The van der Waals surface area contributed by atoms with E-state index < -0.39 is 0 Å². The number of nitrogens with one attached hydrogen (secondary N) is 1. The molecule has 0 aromatic heterocycles. The maximum Gasteiger partial charge on any atom is 0.137 e. The molecule has 1 fully saturated rings. The van der Waals surface area contributed by atoms with Crippen molar-refractivity contribution >= 4 is 28.4 Å². The first kappa shape index (κ1) is 14.0. The van der Waals surface area contributed by atoms with Gasteiger partial charge in [-0.25, -0.2) is 0 Å². The first-order valence-corrected chi connectivity index (χ1v) is 7.79. The van der Waals surface area contributed by atoms with E-state index in [0.717, 1.165) is 31.5 Å². The van der Waals surface area contributed by atoms with Gasteiger partial charge >= 0.3 is 0 Å². The molecule has 1 aliphatic rings. The largest absolute Gasteiger partial charge is 0.316 e. The number of carbonyl (C=O) groups excluding carboxylic acids is 1. The van der Waals surface area contributed by atoms with Gasteiger partial charge in [0.05, 0.1) is 0 Å². The molecular weight excluding hydrogens is 337 g/mol. The Morgan fingerprint density at radius 1 is 1.33 bits per heavy atom. The van der Waals surface area contributed by atoms with Gasteiger partial charge in [-0.1, -0.05) is 12.1 Å². The molecular formula is C15H20INO. The monoisotopic (exact) mass is 357 g/mol. The van der Waals surface area contributed by atoms with Crippen LogP contribution in [0.1, 0.15) is 31.2 Å². The van der Waals surface area contributed by atoms with E-state index in [1.54, 1.807) is 0 Å². The number of piperidine rings is 1. The molecule has 18 heavy (non-hydrogen) atoms. The molecule has 2 rings (SSSR count). The molecule has 0 aliphatic carbocycles. The summed E-state index contributed by atoms with van der Waals surface area (Å²) < 4.78 is 1.22. The van der Waals surface area contributed by atoms with Crippen LogP contribution in [0.3, 0.4) is 0 Å². The van der Waals surface area contributed by atoms with E-state index in [1.807, 2.05) is 0 Å². The molecule has 0 amide bonds. The van der Waals surface area contributed by atoms with Gasteiger partial charge < -0.3 is 5.32 Å². The van der Waals surface area contributed by atoms with E-state index in [9.17, 15) is 4.79 Å².